The van der Waals surface area contributed by atoms with Gasteiger partial charge in [-0.05, 0) is 92.8 Å². The van der Waals surface area contributed by atoms with E-state index in [1.165, 1.54) is 51.6 Å². The van der Waals surface area contributed by atoms with Gasteiger partial charge in [0.2, 0.25) is 0 Å². The molecular weight excluding hydrogens is 370 g/mol. The van der Waals surface area contributed by atoms with E-state index in [1.807, 2.05) is 0 Å². The quantitative estimate of drug-likeness (QED) is 0.569. The van der Waals surface area contributed by atoms with E-state index in [4.69, 9.17) is 0 Å². The summed E-state index contributed by atoms with van der Waals surface area (Å²) in [4.78, 5) is 2.84. The Kier molecular flexibility index (Phi) is 4.76. The SMILES string of the molecule is CC1CCC2C(C)C3CCC4=C5CCC6CC(O)CCC6(C)C5C(O)C4C3CN2C1. The molecule has 6 rings (SSSR count). The molecule has 0 amide bonds. The van der Waals surface area contributed by atoms with Gasteiger partial charge in [0, 0.05) is 31.0 Å². The number of hydrogen-bond acceptors (Lipinski definition) is 3. The Labute approximate surface area is 183 Å². The third-order valence-electron chi connectivity index (χ3n) is 11.3. The van der Waals surface area contributed by atoms with Crippen molar-refractivity contribution in [1.82, 2.24) is 4.90 Å². The van der Waals surface area contributed by atoms with Gasteiger partial charge in [-0.15, -0.1) is 0 Å². The molecule has 2 N–H and O–H groups in total. The van der Waals surface area contributed by atoms with Gasteiger partial charge in [-0.25, -0.2) is 0 Å². The summed E-state index contributed by atoms with van der Waals surface area (Å²) in [5.74, 6) is 4.47. The van der Waals surface area contributed by atoms with Crippen LogP contribution in [0.2, 0.25) is 0 Å². The molecule has 11 unspecified atom stereocenters. The van der Waals surface area contributed by atoms with Gasteiger partial charge in [0.05, 0.1) is 12.2 Å². The molecule has 0 spiro atoms. The van der Waals surface area contributed by atoms with Crippen molar-refractivity contribution in [2.75, 3.05) is 13.1 Å². The molecule has 3 nitrogen and oxygen atoms in total. The highest BCUT2D eigenvalue weighted by Crippen LogP contribution is 2.64. The molecule has 2 saturated heterocycles. The maximum atomic E-state index is 11.9. The lowest BCUT2D eigenvalue weighted by Crippen LogP contribution is -2.59. The lowest BCUT2D eigenvalue weighted by atomic mass is 9.53. The Bertz CT molecular complexity index is 730. The monoisotopic (exact) mass is 413 g/mol. The van der Waals surface area contributed by atoms with Crippen LogP contribution in [0.5, 0.6) is 0 Å². The van der Waals surface area contributed by atoms with Gasteiger partial charge in [-0.2, -0.15) is 0 Å². The van der Waals surface area contributed by atoms with Crippen molar-refractivity contribution in [2.24, 2.45) is 46.8 Å². The minimum Gasteiger partial charge on any atom is -0.393 e. The highest BCUT2D eigenvalue weighted by atomic mass is 16.3. The summed E-state index contributed by atoms with van der Waals surface area (Å²) in [5.41, 5.74) is 3.59. The van der Waals surface area contributed by atoms with Crippen molar-refractivity contribution >= 4 is 0 Å². The number of aliphatic hydroxyl groups excluding tert-OH is 2. The first-order valence-corrected chi connectivity index (χ1v) is 13.2. The summed E-state index contributed by atoms with van der Waals surface area (Å²) in [7, 11) is 0. The van der Waals surface area contributed by atoms with Crippen molar-refractivity contribution < 1.29 is 10.2 Å². The third-order valence-corrected chi connectivity index (χ3v) is 11.3. The largest absolute Gasteiger partial charge is 0.393 e. The fourth-order valence-electron chi connectivity index (χ4n) is 9.89. The number of nitrogens with zero attached hydrogens (tertiary/aromatic N) is 1. The van der Waals surface area contributed by atoms with E-state index in [0.29, 0.717) is 23.7 Å². The van der Waals surface area contributed by atoms with Crippen LogP contribution in [-0.4, -0.2) is 46.5 Å². The number of aliphatic hydroxyl groups is 2. The Balaban J connectivity index is 1.33. The molecule has 0 radical (unpaired) electrons. The van der Waals surface area contributed by atoms with Crippen LogP contribution in [-0.2, 0) is 0 Å². The second-order valence-corrected chi connectivity index (χ2v) is 12.6. The Hall–Kier alpha value is -0.380. The lowest BCUT2D eigenvalue weighted by molar-refractivity contribution is -0.0981. The van der Waals surface area contributed by atoms with Gasteiger partial charge in [0.25, 0.3) is 0 Å². The predicted molar refractivity (Wildman–Crippen MR) is 120 cm³/mol. The van der Waals surface area contributed by atoms with Crippen LogP contribution in [0.15, 0.2) is 11.1 Å². The van der Waals surface area contributed by atoms with Gasteiger partial charge in [0.1, 0.15) is 0 Å². The second kappa shape index (κ2) is 7.06. The third kappa shape index (κ3) is 2.73. The molecular formula is C27H43NO2. The predicted octanol–water partition coefficient (Wildman–Crippen LogP) is 4.63. The van der Waals surface area contributed by atoms with E-state index >= 15 is 0 Å². The first-order chi connectivity index (χ1) is 14.4. The summed E-state index contributed by atoms with van der Waals surface area (Å²) >= 11 is 0. The van der Waals surface area contributed by atoms with E-state index in [-0.39, 0.29) is 17.6 Å². The first-order valence-electron chi connectivity index (χ1n) is 13.2. The highest BCUT2D eigenvalue weighted by molar-refractivity contribution is 5.36. The van der Waals surface area contributed by atoms with Gasteiger partial charge >= 0.3 is 0 Å². The molecule has 3 saturated carbocycles. The summed E-state index contributed by atoms with van der Waals surface area (Å²) < 4.78 is 0. The summed E-state index contributed by atoms with van der Waals surface area (Å²) in [6.45, 7) is 9.94. The van der Waals surface area contributed by atoms with Crippen molar-refractivity contribution in [3.63, 3.8) is 0 Å². The topological polar surface area (TPSA) is 43.7 Å². The zero-order chi connectivity index (χ0) is 20.8. The maximum absolute atomic E-state index is 11.9. The van der Waals surface area contributed by atoms with Gasteiger partial charge < -0.3 is 10.2 Å². The van der Waals surface area contributed by atoms with Crippen LogP contribution in [0.25, 0.3) is 0 Å². The highest BCUT2D eigenvalue weighted by Gasteiger charge is 2.60. The van der Waals surface area contributed by atoms with Crippen molar-refractivity contribution in [1.29, 1.82) is 0 Å². The average Bonchev–Trinajstić information content (AvgIpc) is 3.02. The van der Waals surface area contributed by atoms with Gasteiger partial charge in [-0.1, -0.05) is 31.9 Å². The molecule has 6 aliphatic rings. The minimum absolute atomic E-state index is 0.111. The molecule has 0 aromatic carbocycles. The molecule has 2 heterocycles. The molecule has 2 aliphatic heterocycles. The van der Waals surface area contributed by atoms with Crippen LogP contribution in [0.4, 0.5) is 0 Å². The maximum Gasteiger partial charge on any atom is 0.0679 e. The summed E-state index contributed by atoms with van der Waals surface area (Å²) in [6, 6.07) is 0.791. The van der Waals surface area contributed by atoms with Gasteiger partial charge in [0.15, 0.2) is 0 Å². The molecule has 0 aromatic heterocycles. The smallest absolute Gasteiger partial charge is 0.0679 e. The molecule has 0 aromatic rings. The number of hydrogen-bond donors (Lipinski definition) is 2. The molecule has 5 fully saturated rings. The Morgan fingerprint density at radius 3 is 2.53 bits per heavy atom. The lowest BCUT2D eigenvalue weighted by Gasteiger charge is -2.56. The second-order valence-electron chi connectivity index (χ2n) is 12.6. The standard InChI is InChI=1S/C27H43NO2/c1-15-4-9-23-16(2)19-7-8-20-21-6-5-17-12-18(29)10-11-27(17,3)25(21)26(30)24(20)22(19)14-28(23)13-15/h15-19,22-26,29-30H,4-14H2,1-3H3. The minimum atomic E-state index is -0.170. The van der Waals surface area contributed by atoms with E-state index in [0.717, 1.165) is 43.1 Å². The van der Waals surface area contributed by atoms with E-state index in [9.17, 15) is 10.2 Å². The van der Waals surface area contributed by atoms with Crippen molar-refractivity contribution in [2.45, 2.75) is 96.8 Å². The number of fused-ring (bicyclic) bond motifs is 7. The van der Waals surface area contributed by atoms with E-state index in [1.54, 1.807) is 11.1 Å². The summed E-state index contributed by atoms with van der Waals surface area (Å²) in [6.07, 6.45) is 10.5. The normalized spacial score (nSPS) is 55.9. The first kappa shape index (κ1) is 20.2. The number of piperidine rings is 2. The van der Waals surface area contributed by atoms with Crippen molar-refractivity contribution in [3.05, 3.63) is 11.1 Å². The molecule has 3 heteroatoms. The summed E-state index contributed by atoms with van der Waals surface area (Å²) in [5, 5.41) is 22.3. The fraction of sp³-hybridized carbons (Fsp3) is 0.926. The van der Waals surface area contributed by atoms with Crippen LogP contribution in [0, 0.1) is 46.8 Å². The number of rotatable bonds is 0. The van der Waals surface area contributed by atoms with Crippen molar-refractivity contribution in [3.8, 4) is 0 Å². The Morgan fingerprint density at radius 1 is 0.900 bits per heavy atom. The van der Waals surface area contributed by atoms with Crippen LogP contribution in [0.3, 0.4) is 0 Å². The molecule has 11 atom stereocenters. The zero-order valence-corrected chi connectivity index (χ0v) is 19.4. The van der Waals surface area contributed by atoms with Crippen LogP contribution in [0.1, 0.15) is 78.6 Å². The molecule has 30 heavy (non-hydrogen) atoms. The molecule has 168 valence electrons. The fourth-order valence-corrected chi connectivity index (χ4v) is 9.89. The zero-order valence-electron chi connectivity index (χ0n) is 19.4. The Morgan fingerprint density at radius 2 is 1.70 bits per heavy atom. The average molecular weight is 414 g/mol. The van der Waals surface area contributed by atoms with Crippen LogP contribution >= 0.6 is 0 Å². The van der Waals surface area contributed by atoms with E-state index < -0.39 is 0 Å². The van der Waals surface area contributed by atoms with Gasteiger partial charge in [-0.3, -0.25) is 4.90 Å². The molecule has 4 aliphatic carbocycles. The molecule has 0 bridgehead atoms. The van der Waals surface area contributed by atoms with Crippen LogP contribution < -0.4 is 0 Å². The van der Waals surface area contributed by atoms with E-state index in [2.05, 4.69) is 25.7 Å².